The average Bonchev–Trinajstić information content (AvgIpc) is 2.46. The minimum Gasteiger partial charge on any atom is -0.494 e. The number of ether oxygens (including phenoxy) is 2. The molecule has 21 heavy (non-hydrogen) atoms. The third-order valence-corrected chi connectivity index (χ3v) is 3.45. The molecular weight excluding hydrogens is 266 g/mol. The SMILES string of the molecule is CCc1ccc(OCCC(C)(NC(C)C)C(=O)OC)cc1. The van der Waals surface area contributed by atoms with E-state index in [-0.39, 0.29) is 12.0 Å². The van der Waals surface area contributed by atoms with Gasteiger partial charge in [-0.1, -0.05) is 19.1 Å². The molecule has 0 aliphatic rings. The third-order valence-electron chi connectivity index (χ3n) is 3.45. The van der Waals surface area contributed by atoms with Gasteiger partial charge in [-0.25, -0.2) is 0 Å². The Bertz CT molecular complexity index is 442. The molecule has 0 aliphatic heterocycles. The van der Waals surface area contributed by atoms with Crippen LogP contribution in [0.15, 0.2) is 24.3 Å². The number of carbonyl (C=O) groups excluding carboxylic acids is 1. The van der Waals surface area contributed by atoms with E-state index in [4.69, 9.17) is 9.47 Å². The molecule has 1 aromatic carbocycles. The lowest BCUT2D eigenvalue weighted by molar-refractivity contribution is -0.148. The van der Waals surface area contributed by atoms with E-state index in [2.05, 4.69) is 24.4 Å². The normalized spacial score (nSPS) is 13.8. The maximum absolute atomic E-state index is 12.0. The summed E-state index contributed by atoms with van der Waals surface area (Å²) in [5.74, 6) is 0.560. The number of methoxy groups -OCH3 is 1. The van der Waals surface area contributed by atoms with Crippen molar-refractivity contribution >= 4 is 5.97 Å². The van der Waals surface area contributed by atoms with Gasteiger partial charge in [0, 0.05) is 12.5 Å². The predicted octanol–water partition coefficient (Wildman–Crippen LogP) is 2.95. The molecule has 0 heterocycles. The van der Waals surface area contributed by atoms with E-state index in [1.807, 2.05) is 32.9 Å². The number of carbonyl (C=O) groups is 1. The summed E-state index contributed by atoms with van der Waals surface area (Å²) in [4.78, 5) is 12.0. The lowest BCUT2D eigenvalue weighted by Gasteiger charge is -2.30. The van der Waals surface area contributed by atoms with Crippen molar-refractivity contribution in [2.75, 3.05) is 13.7 Å². The number of aryl methyl sites for hydroxylation is 1. The smallest absolute Gasteiger partial charge is 0.325 e. The fourth-order valence-corrected chi connectivity index (χ4v) is 2.29. The highest BCUT2D eigenvalue weighted by Gasteiger charge is 2.34. The van der Waals surface area contributed by atoms with Gasteiger partial charge in [-0.05, 0) is 44.9 Å². The Morgan fingerprint density at radius 3 is 2.38 bits per heavy atom. The Kier molecular flexibility index (Phi) is 6.69. The summed E-state index contributed by atoms with van der Waals surface area (Å²) in [7, 11) is 1.41. The molecule has 0 amide bonds. The number of nitrogens with one attached hydrogen (secondary N) is 1. The number of rotatable bonds is 8. The Hall–Kier alpha value is -1.55. The molecule has 0 radical (unpaired) electrons. The number of esters is 1. The van der Waals surface area contributed by atoms with E-state index >= 15 is 0 Å². The predicted molar refractivity (Wildman–Crippen MR) is 84.6 cm³/mol. The van der Waals surface area contributed by atoms with E-state index in [0.29, 0.717) is 13.0 Å². The molecular formula is C17H27NO3. The van der Waals surface area contributed by atoms with Gasteiger partial charge in [0.15, 0.2) is 0 Å². The molecule has 1 N–H and O–H groups in total. The summed E-state index contributed by atoms with van der Waals surface area (Å²) in [5.41, 5.74) is 0.551. The average molecular weight is 293 g/mol. The summed E-state index contributed by atoms with van der Waals surface area (Å²) < 4.78 is 10.6. The molecule has 0 fully saturated rings. The Morgan fingerprint density at radius 1 is 1.29 bits per heavy atom. The van der Waals surface area contributed by atoms with Gasteiger partial charge in [-0.2, -0.15) is 0 Å². The first-order valence-electron chi connectivity index (χ1n) is 7.49. The van der Waals surface area contributed by atoms with Crippen LogP contribution in [0.2, 0.25) is 0 Å². The van der Waals surface area contributed by atoms with Crippen LogP contribution >= 0.6 is 0 Å². The van der Waals surface area contributed by atoms with Crippen LogP contribution in [0.5, 0.6) is 5.75 Å². The summed E-state index contributed by atoms with van der Waals surface area (Å²) in [6.07, 6.45) is 1.56. The second-order valence-electron chi connectivity index (χ2n) is 5.72. The minimum absolute atomic E-state index is 0.193. The molecule has 118 valence electrons. The summed E-state index contributed by atoms with van der Waals surface area (Å²) in [6, 6.07) is 8.23. The molecule has 1 unspecified atom stereocenters. The van der Waals surface area contributed by atoms with E-state index < -0.39 is 5.54 Å². The van der Waals surface area contributed by atoms with Gasteiger partial charge in [-0.15, -0.1) is 0 Å². The summed E-state index contributed by atoms with van der Waals surface area (Å²) in [5, 5.41) is 3.26. The monoisotopic (exact) mass is 293 g/mol. The molecule has 0 spiro atoms. The quantitative estimate of drug-likeness (QED) is 0.749. The first-order chi connectivity index (χ1) is 9.91. The zero-order chi connectivity index (χ0) is 15.9. The zero-order valence-corrected chi connectivity index (χ0v) is 13.7. The molecule has 0 aromatic heterocycles. The Labute approximate surface area is 127 Å². The topological polar surface area (TPSA) is 47.6 Å². The highest BCUT2D eigenvalue weighted by molar-refractivity contribution is 5.80. The van der Waals surface area contributed by atoms with Crippen LogP contribution in [0.4, 0.5) is 0 Å². The molecule has 4 nitrogen and oxygen atoms in total. The second kappa shape index (κ2) is 8.03. The van der Waals surface area contributed by atoms with E-state index in [0.717, 1.165) is 12.2 Å². The lowest BCUT2D eigenvalue weighted by atomic mass is 9.97. The second-order valence-corrected chi connectivity index (χ2v) is 5.72. The standard InChI is InChI=1S/C17H27NO3/c1-6-14-7-9-15(10-8-14)21-12-11-17(4,16(19)20-5)18-13(2)3/h7-10,13,18H,6,11-12H2,1-5H3. The first kappa shape index (κ1) is 17.5. The molecule has 0 saturated heterocycles. The van der Waals surface area contributed by atoms with Crippen LogP contribution in [-0.2, 0) is 16.0 Å². The van der Waals surface area contributed by atoms with Crippen LogP contribution in [0, 0.1) is 0 Å². The third kappa shape index (κ3) is 5.38. The van der Waals surface area contributed by atoms with Gasteiger partial charge in [0.1, 0.15) is 11.3 Å². The maximum atomic E-state index is 12.0. The van der Waals surface area contributed by atoms with Gasteiger partial charge < -0.3 is 9.47 Å². The van der Waals surface area contributed by atoms with Gasteiger partial charge in [0.2, 0.25) is 0 Å². The van der Waals surface area contributed by atoms with E-state index in [1.54, 1.807) is 0 Å². The lowest BCUT2D eigenvalue weighted by Crippen LogP contribution is -2.53. The van der Waals surface area contributed by atoms with Crippen molar-refractivity contribution in [1.82, 2.24) is 5.32 Å². The Balaban J connectivity index is 2.58. The maximum Gasteiger partial charge on any atom is 0.325 e. The number of hydrogen-bond donors (Lipinski definition) is 1. The molecule has 0 saturated carbocycles. The van der Waals surface area contributed by atoms with Gasteiger partial charge >= 0.3 is 5.97 Å². The van der Waals surface area contributed by atoms with E-state index in [9.17, 15) is 4.79 Å². The van der Waals surface area contributed by atoms with Crippen LogP contribution in [0.3, 0.4) is 0 Å². The minimum atomic E-state index is -0.730. The highest BCUT2D eigenvalue weighted by atomic mass is 16.5. The van der Waals surface area contributed by atoms with Crippen molar-refractivity contribution in [3.8, 4) is 5.75 Å². The van der Waals surface area contributed by atoms with Gasteiger partial charge in [-0.3, -0.25) is 10.1 Å². The molecule has 0 bridgehead atoms. The molecule has 4 heteroatoms. The van der Waals surface area contributed by atoms with E-state index in [1.165, 1.54) is 12.7 Å². The van der Waals surface area contributed by atoms with Crippen molar-refractivity contribution in [3.05, 3.63) is 29.8 Å². The first-order valence-corrected chi connectivity index (χ1v) is 7.49. The number of benzene rings is 1. The van der Waals surface area contributed by atoms with Crippen molar-refractivity contribution in [3.63, 3.8) is 0 Å². The Morgan fingerprint density at radius 2 is 1.90 bits per heavy atom. The number of hydrogen-bond acceptors (Lipinski definition) is 4. The van der Waals surface area contributed by atoms with Crippen molar-refractivity contribution < 1.29 is 14.3 Å². The van der Waals surface area contributed by atoms with Crippen molar-refractivity contribution in [2.24, 2.45) is 0 Å². The van der Waals surface area contributed by atoms with Crippen LogP contribution in [0.25, 0.3) is 0 Å². The van der Waals surface area contributed by atoms with Crippen LogP contribution < -0.4 is 10.1 Å². The van der Waals surface area contributed by atoms with Gasteiger partial charge in [0.25, 0.3) is 0 Å². The molecule has 1 atom stereocenters. The molecule has 1 rings (SSSR count). The van der Waals surface area contributed by atoms with Crippen LogP contribution in [0.1, 0.15) is 39.7 Å². The van der Waals surface area contributed by atoms with Crippen molar-refractivity contribution in [2.45, 2.75) is 52.1 Å². The molecule has 1 aromatic rings. The zero-order valence-electron chi connectivity index (χ0n) is 13.7. The van der Waals surface area contributed by atoms with Gasteiger partial charge in [0.05, 0.1) is 13.7 Å². The largest absolute Gasteiger partial charge is 0.494 e. The molecule has 0 aliphatic carbocycles. The summed E-state index contributed by atoms with van der Waals surface area (Å²) in [6.45, 7) is 8.44. The van der Waals surface area contributed by atoms with Crippen molar-refractivity contribution in [1.29, 1.82) is 0 Å². The van der Waals surface area contributed by atoms with Crippen LogP contribution in [-0.4, -0.2) is 31.3 Å². The highest BCUT2D eigenvalue weighted by Crippen LogP contribution is 2.17. The summed E-state index contributed by atoms with van der Waals surface area (Å²) >= 11 is 0. The fourth-order valence-electron chi connectivity index (χ4n) is 2.29. The fraction of sp³-hybridized carbons (Fsp3) is 0.588.